The predicted molar refractivity (Wildman–Crippen MR) is 83.5 cm³/mol. The zero-order valence-corrected chi connectivity index (χ0v) is 13.2. The second kappa shape index (κ2) is 6.09. The molecule has 6 nitrogen and oxygen atoms in total. The molecular formula is C14H18N4O2S. The lowest BCUT2D eigenvalue weighted by Crippen LogP contribution is -2.15. The van der Waals surface area contributed by atoms with Gasteiger partial charge in [-0.15, -0.1) is 11.8 Å². The normalized spacial score (nSPS) is 11.7. The molecule has 0 bridgehead atoms. The third-order valence-corrected chi connectivity index (χ3v) is 4.01. The first-order chi connectivity index (χ1) is 9.99. The van der Waals surface area contributed by atoms with Gasteiger partial charge in [0.1, 0.15) is 11.4 Å². The molecule has 0 saturated carbocycles. The molecule has 0 amide bonds. The van der Waals surface area contributed by atoms with Gasteiger partial charge in [-0.3, -0.25) is 4.68 Å². The van der Waals surface area contributed by atoms with E-state index in [0.717, 1.165) is 16.3 Å². The van der Waals surface area contributed by atoms with E-state index in [4.69, 9.17) is 15.7 Å². The van der Waals surface area contributed by atoms with Crippen molar-refractivity contribution in [2.75, 3.05) is 6.26 Å². The lowest BCUT2D eigenvalue weighted by atomic mass is 10.2. The third-order valence-electron chi connectivity index (χ3n) is 3.23. The first-order valence-corrected chi connectivity index (χ1v) is 7.55. The van der Waals surface area contributed by atoms with Crippen molar-refractivity contribution in [2.45, 2.75) is 18.7 Å². The summed E-state index contributed by atoms with van der Waals surface area (Å²) in [4.78, 5) is 0.877. The molecule has 0 fully saturated rings. The van der Waals surface area contributed by atoms with Crippen LogP contribution >= 0.6 is 11.8 Å². The van der Waals surface area contributed by atoms with Gasteiger partial charge < -0.3 is 15.7 Å². The zero-order valence-electron chi connectivity index (χ0n) is 12.4. The number of hydrogen-bond donors (Lipinski definition) is 2. The van der Waals surface area contributed by atoms with Crippen molar-refractivity contribution >= 4 is 17.6 Å². The molecule has 0 saturated heterocycles. The van der Waals surface area contributed by atoms with E-state index in [1.165, 1.54) is 11.8 Å². The Morgan fingerprint density at radius 2 is 2.14 bits per heavy atom. The quantitative estimate of drug-likeness (QED) is 0.298. The lowest BCUT2D eigenvalue weighted by Gasteiger charge is -2.13. The number of aromatic nitrogens is 2. The lowest BCUT2D eigenvalue weighted by molar-refractivity contribution is 0.318. The summed E-state index contributed by atoms with van der Waals surface area (Å²) in [5.41, 5.74) is 8.07. The highest BCUT2D eigenvalue weighted by molar-refractivity contribution is 7.98. The minimum Gasteiger partial charge on any atom is -0.453 e. The first kappa shape index (κ1) is 15.2. The Morgan fingerprint density at radius 1 is 1.43 bits per heavy atom. The molecule has 1 heterocycles. The van der Waals surface area contributed by atoms with Crippen LogP contribution in [0.4, 0.5) is 0 Å². The summed E-state index contributed by atoms with van der Waals surface area (Å²) in [6.07, 6.45) is 1.92. The smallest absolute Gasteiger partial charge is 0.175 e. The molecule has 0 spiro atoms. The first-order valence-electron chi connectivity index (χ1n) is 6.32. The molecule has 2 rings (SSSR count). The van der Waals surface area contributed by atoms with Gasteiger partial charge in [0.25, 0.3) is 0 Å². The fraction of sp³-hybridized carbons (Fsp3) is 0.286. The van der Waals surface area contributed by atoms with Crippen LogP contribution < -0.4 is 10.5 Å². The number of nitrogens with two attached hydrogens (primary N) is 1. The van der Waals surface area contributed by atoms with Crippen molar-refractivity contribution in [3.63, 3.8) is 0 Å². The fourth-order valence-electron chi connectivity index (χ4n) is 2.08. The summed E-state index contributed by atoms with van der Waals surface area (Å²) in [6, 6.07) is 5.56. The van der Waals surface area contributed by atoms with Crippen molar-refractivity contribution in [3.8, 4) is 11.5 Å². The van der Waals surface area contributed by atoms with Crippen LogP contribution in [0.1, 0.15) is 17.0 Å². The second-order valence-corrected chi connectivity index (χ2v) is 5.39. The van der Waals surface area contributed by atoms with Gasteiger partial charge in [-0.1, -0.05) is 11.2 Å². The SMILES string of the molecule is CSc1cccc(Oc2c(C)nn(C)c2C)c1/C(N)=N/O. The molecule has 0 aliphatic carbocycles. The summed E-state index contributed by atoms with van der Waals surface area (Å²) >= 11 is 1.50. The molecule has 0 unspecified atom stereocenters. The van der Waals surface area contributed by atoms with E-state index in [2.05, 4.69) is 10.3 Å². The minimum absolute atomic E-state index is 0.0224. The number of ether oxygens (including phenoxy) is 1. The number of rotatable bonds is 4. The van der Waals surface area contributed by atoms with E-state index in [1.807, 2.05) is 39.3 Å². The summed E-state index contributed by atoms with van der Waals surface area (Å²) in [5.74, 6) is 1.24. The van der Waals surface area contributed by atoms with E-state index in [1.54, 1.807) is 10.7 Å². The Morgan fingerprint density at radius 3 is 2.67 bits per heavy atom. The zero-order chi connectivity index (χ0) is 15.6. The summed E-state index contributed by atoms with van der Waals surface area (Å²) in [7, 11) is 1.86. The maximum Gasteiger partial charge on any atom is 0.175 e. The van der Waals surface area contributed by atoms with Gasteiger partial charge in [-0.25, -0.2) is 0 Å². The number of nitrogens with zero attached hydrogens (tertiary/aromatic N) is 3. The average molecular weight is 306 g/mol. The molecule has 0 atom stereocenters. The van der Waals surface area contributed by atoms with E-state index in [9.17, 15) is 0 Å². The Labute approximate surface area is 127 Å². The Balaban J connectivity index is 2.54. The highest BCUT2D eigenvalue weighted by Gasteiger charge is 2.18. The molecule has 0 aliphatic heterocycles. The van der Waals surface area contributed by atoms with Gasteiger partial charge in [0.15, 0.2) is 11.6 Å². The van der Waals surface area contributed by atoms with Gasteiger partial charge in [0, 0.05) is 11.9 Å². The molecule has 21 heavy (non-hydrogen) atoms. The van der Waals surface area contributed by atoms with Crippen LogP contribution in [0.25, 0.3) is 0 Å². The summed E-state index contributed by atoms with van der Waals surface area (Å²) < 4.78 is 7.74. The summed E-state index contributed by atoms with van der Waals surface area (Å²) in [6.45, 7) is 3.81. The number of amidine groups is 1. The van der Waals surface area contributed by atoms with Crippen molar-refractivity contribution in [3.05, 3.63) is 35.2 Å². The topological polar surface area (TPSA) is 85.7 Å². The number of thioether (sulfide) groups is 1. The highest BCUT2D eigenvalue weighted by atomic mass is 32.2. The average Bonchev–Trinajstić information content (AvgIpc) is 2.72. The maximum absolute atomic E-state index is 8.99. The second-order valence-electron chi connectivity index (χ2n) is 4.54. The largest absolute Gasteiger partial charge is 0.453 e. The fourth-order valence-corrected chi connectivity index (χ4v) is 2.70. The van der Waals surface area contributed by atoms with Crippen LogP contribution in [0.2, 0.25) is 0 Å². The van der Waals surface area contributed by atoms with Gasteiger partial charge in [0.2, 0.25) is 0 Å². The van der Waals surface area contributed by atoms with Gasteiger partial charge in [-0.2, -0.15) is 5.10 Å². The van der Waals surface area contributed by atoms with Crippen LogP contribution in [0.15, 0.2) is 28.3 Å². The van der Waals surface area contributed by atoms with Crippen LogP contribution in [0, 0.1) is 13.8 Å². The standard InChI is InChI=1S/C14H18N4O2S/c1-8-13(9(2)18(3)16-8)20-10-6-5-7-11(21-4)12(10)14(15)17-19/h5-7,19H,1-4H3,(H2,15,17). The van der Waals surface area contributed by atoms with E-state index in [-0.39, 0.29) is 5.84 Å². The molecule has 7 heteroatoms. The highest BCUT2D eigenvalue weighted by Crippen LogP contribution is 2.34. The Kier molecular flexibility index (Phi) is 4.42. The maximum atomic E-state index is 8.99. The molecule has 0 aliphatic rings. The monoisotopic (exact) mass is 306 g/mol. The predicted octanol–water partition coefficient (Wildman–Crippen LogP) is 2.65. The number of oxime groups is 1. The molecule has 0 radical (unpaired) electrons. The summed E-state index contributed by atoms with van der Waals surface area (Å²) in [5, 5.41) is 16.4. The van der Waals surface area contributed by atoms with Crippen LogP contribution in [0.5, 0.6) is 11.5 Å². The number of benzene rings is 1. The molecule has 2 aromatic rings. The van der Waals surface area contributed by atoms with Crippen LogP contribution in [0.3, 0.4) is 0 Å². The van der Waals surface area contributed by atoms with Crippen molar-refractivity contribution in [1.29, 1.82) is 0 Å². The van der Waals surface area contributed by atoms with Gasteiger partial charge in [-0.05, 0) is 32.2 Å². The Bertz CT molecular complexity index is 695. The van der Waals surface area contributed by atoms with Crippen molar-refractivity contribution in [1.82, 2.24) is 9.78 Å². The molecule has 1 aromatic carbocycles. The van der Waals surface area contributed by atoms with Gasteiger partial charge >= 0.3 is 0 Å². The molecule has 1 aromatic heterocycles. The van der Waals surface area contributed by atoms with Crippen molar-refractivity contribution in [2.24, 2.45) is 17.9 Å². The molecule has 3 N–H and O–H groups in total. The van der Waals surface area contributed by atoms with Gasteiger partial charge in [0.05, 0.1) is 11.3 Å². The third kappa shape index (κ3) is 2.82. The van der Waals surface area contributed by atoms with Crippen LogP contribution in [-0.4, -0.2) is 27.1 Å². The minimum atomic E-state index is 0.0224. The number of hydrogen-bond acceptors (Lipinski definition) is 5. The Hall–Kier alpha value is -2.15. The van der Waals surface area contributed by atoms with E-state index >= 15 is 0 Å². The van der Waals surface area contributed by atoms with Crippen molar-refractivity contribution < 1.29 is 9.94 Å². The van der Waals surface area contributed by atoms with E-state index in [0.29, 0.717) is 17.1 Å². The van der Waals surface area contributed by atoms with Crippen LogP contribution in [-0.2, 0) is 7.05 Å². The molecular weight excluding hydrogens is 288 g/mol. The number of aryl methyl sites for hydroxylation is 2. The molecule has 112 valence electrons. The van der Waals surface area contributed by atoms with E-state index < -0.39 is 0 Å².